The largest absolute Gasteiger partial charge is 0.309 e. The monoisotopic (exact) mass is 926 g/mol. The molecule has 17 aromatic rings. The van der Waals surface area contributed by atoms with E-state index >= 15 is 0 Å². The lowest BCUT2D eigenvalue weighted by molar-refractivity contribution is 1.19. The van der Waals surface area contributed by atoms with E-state index in [9.17, 15) is 0 Å². The van der Waals surface area contributed by atoms with Gasteiger partial charge in [0.2, 0.25) is 0 Å². The molecule has 7 heterocycles. The molecule has 6 nitrogen and oxygen atoms in total. The van der Waals surface area contributed by atoms with Crippen LogP contribution in [0.4, 0.5) is 0 Å². The van der Waals surface area contributed by atoms with Crippen molar-refractivity contribution in [1.29, 1.82) is 0 Å². The lowest BCUT2D eigenvalue weighted by Crippen LogP contribution is -1.97. The third-order valence-corrected chi connectivity index (χ3v) is 17.2. The number of para-hydroxylation sites is 6. The number of nitrogens with zero attached hydrogens (tertiary/aromatic N) is 6. The van der Waals surface area contributed by atoms with Gasteiger partial charge in [0.15, 0.2) is 0 Å². The highest BCUT2D eigenvalue weighted by Crippen LogP contribution is 2.45. The van der Waals surface area contributed by atoms with Crippen molar-refractivity contribution in [2.45, 2.75) is 0 Å². The van der Waals surface area contributed by atoms with Gasteiger partial charge in [-0.25, -0.2) is 9.97 Å². The van der Waals surface area contributed by atoms with Gasteiger partial charge in [0.05, 0.1) is 65.9 Å². The second kappa shape index (κ2) is 13.5. The molecular weight excluding hydrogens is 893 g/mol. The van der Waals surface area contributed by atoms with E-state index in [1.165, 1.54) is 51.1 Å². The summed E-state index contributed by atoms with van der Waals surface area (Å²) in [6.07, 6.45) is 0. The Morgan fingerprint density at radius 2 is 0.643 bits per heavy atom. The van der Waals surface area contributed by atoms with Crippen LogP contribution in [-0.4, -0.2) is 27.9 Å². The molecule has 0 amide bonds. The molecule has 70 heavy (non-hydrogen) atoms. The molecule has 0 saturated carbocycles. The fourth-order valence-corrected chi connectivity index (χ4v) is 14.2. The smallest absolute Gasteiger partial charge is 0.148 e. The number of rotatable bonds is 2. The predicted octanol–water partition coefficient (Wildman–Crippen LogP) is 17.1. The topological polar surface area (TPSA) is 44.5 Å². The van der Waals surface area contributed by atoms with Crippen molar-refractivity contribution >= 4 is 162 Å². The molecule has 7 aromatic heterocycles. The molecule has 0 N–H and O–H groups in total. The number of benzene rings is 10. The summed E-state index contributed by atoms with van der Waals surface area (Å²) in [4.78, 5) is 11.4. The summed E-state index contributed by atoms with van der Waals surface area (Å²) in [5.74, 6) is 0. The highest BCUT2D eigenvalue weighted by molar-refractivity contribution is 7.26. The van der Waals surface area contributed by atoms with Gasteiger partial charge in [-0.3, -0.25) is 8.80 Å². The molecule has 0 unspecified atom stereocenters. The lowest BCUT2D eigenvalue weighted by Gasteiger charge is -2.12. The summed E-state index contributed by atoms with van der Waals surface area (Å²) >= 11 is 3.71. The minimum Gasteiger partial charge on any atom is -0.309 e. The molecule has 17 rings (SSSR count). The zero-order valence-electron chi connectivity index (χ0n) is 37.1. The van der Waals surface area contributed by atoms with E-state index in [0.717, 1.165) is 99.4 Å². The standard InChI is InChI=1S/C62H34N6S2/c1-7-19-45-39(15-1)57-49(65(45)35-25-31-55-41(33-35)37-13-3-11-23-53(37)69-55)27-29-51-59(57)61-63-43-17-5-10-22-48(43)68(61)52-30-28-50-58(60(52)62-64-44-18-6-9-21-47(44)67(51)62)40-16-2-8-20-46(40)66(50)36-26-32-56-42(34-36)38-14-4-12-24-54(38)70-56/h1-34H. The van der Waals surface area contributed by atoms with Gasteiger partial charge in [0.1, 0.15) is 11.3 Å². The molecule has 0 radical (unpaired) electrons. The van der Waals surface area contributed by atoms with E-state index in [2.05, 4.69) is 224 Å². The minimum absolute atomic E-state index is 0.895. The van der Waals surface area contributed by atoms with Crippen LogP contribution in [0, 0.1) is 0 Å². The lowest BCUT2D eigenvalue weighted by atomic mass is 10.1. The maximum absolute atomic E-state index is 5.70. The van der Waals surface area contributed by atoms with Gasteiger partial charge in [0, 0.05) is 73.3 Å². The predicted molar refractivity (Wildman–Crippen MR) is 297 cm³/mol. The highest BCUT2D eigenvalue weighted by atomic mass is 32.1. The summed E-state index contributed by atoms with van der Waals surface area (Å²) in [5.41, 5.74) is 14.6. The quantitative estimate of drug-likeness (QED) is 0.173. The van der Waals surface area contributed by atoms with Crippen molar-refractivity contribution in [2.24, 2.45) is 0 Å². The first-order chi connectivity index (χ1) is 34.7. The zero-order chi connectivity index (χ0) is 45.3. The van der Waals surface area contributed by atoms with Crippen LogP contribution in [0.25, 0.3) is 150 Å². The number of fused-ring (bicyclic) bond motifs is 26. The third-order valence-electron chi connectivity index (χ3n) is 14.9. The van der Waals surface area contributed by atoms with Gasteiger partial charge in [-0.2, -0.15) is 0 Å². The first-order valence-corrected chi connectivity index (χ1v) is 25.3. The zero-order valence-corrected chi connectivity index (χ0v) is 38.8. The van der Waals surface area contributed by atoms with Crippen LogP contribution in [-0.2, 0) is 0 Å². The van der Waals surface area contributed by atoms with Gasteiger partial charge in [0.25, 0.3) is 0 Å². The second-order valence-electron chi connectivity index (χ2n) is 18.5. The Balaban J connectivity index is 1.09. The SMILES string of the molecule is c1ccc2c(c1)nc1c3c4c5ccccc5n(-c5ccc6sc7ccccc7c6c5)c4ccc3n3c4ccccc4nc3c3c4c5ccccc5n(-c5ccc6sc7ccccc7c6c5)c4ccc3n21. The number of hydrogen-bond acceptors (Lipinski definition) is 4. The van der Waals surface area contributed by atoms with Crippen LogP contribution in [0.15, 0.2) is 206 Å². The average Bonchev–Trinajstić information content (AvgIpc) is 4.26. The summed E-state index contributed by atoms with van der Waals surface area (Å²) in [6.45, 7) is 0. The summed E-state index contributed by atoms with van der Waals surface area (Å²) in [7, 11) is 0. The number of hydrogen-bond donors (Lipinski definition) is 0. The molecule has 0 spiro atoms. The Morgan fingerprint density at radius 3 is 1.11 bits per heavy atom. The van der Waals surface area contributed by atoms with Gasteiger partial charge < -0.3 is 9.13 Å². The third kappa shape index (κ3) is 4.76. The van der Waals surface area contributed by atoms with Crippen molar-refractivity contribution in [3.63, 3.8) is 0 Å². The molecule has 0 aliphatic carbocycles. The molecular formula is C62H34N6S2. The maximum Gasteiger partial charge on any atom is 0.148 e. The fraction of sp³-hybridized carbons (Fsp3) is 0. The molecule has 8 heteroatoms. The Morgan fingerprint density at radius 1 is 0.271 bits per heavy atom. The fourth-order valence-electron chi connectivity index (χ4n) is 12.1. The number of aromatic nitrogens is 6. The number of thiophene rings is 2. The summed E-state index contributed by atoms with van der Waals surface area (Å²) in [6, 6.07) is 75.7. The van der Waals surface area contributed by atoms with Crippen LogP contribution < -0.4 is 0 Å². The van der Waals surface area contributed by atoms with Crippen molar-refractivity contribution < 1.29 is 0 Å². The first kappa shape index (κ1) is 37.2. The maximum atomic E-state index is 5.70. The van der Waals surface area contributed by atoms with E-state index in [-0.39, 0.29) is 0 Å². The summed E-state index contributed by atoms with van der Waals surface area (Å²) in [5, 5.41) is 11.9. The van der Waals surface area contributed by atoms with Gasteiger partial charge >= 0.3 is 0 Å². The molecule has 0 bridgehead atoms. The Hall–Kier alpha value is -8.82. The van der Waals surface area contributed by atoms with E-state index in [1.54, 1.807) is 0 Å². The molecule has 10 aromatic carbocycles. The van der Waals surface area contributed by atoms with Crippen molar-refractivity contribution in [3.8, 4) is 11.4 Å². The van der Waals surface area contributed by atoms with Crippen molar-refractivity contribution in [3.05, 3.63) is 206 Å². The van der Waals surface area contributed by atoms with E-state index in [4.69, 9.17) is 9.97 Å². The van der Waals surface area contributed by atoms with Crippen LogP contribution >= 0.6 is 22.7 Å². The van der Waals surface area contributed by atoms with Crippen LogP contribution in [0.2, 0.25) is 0 Å². The van der Waals surface area contributed by atoms with Gasteiger partial charge in [-0.15, -0.1) is 22.7 Å². The first-order valence-electron chi connectivity index (χ1n) is 23.7. The van der Waals surface area contributed by atoms with Crippen LogP contribution in [0.5, 0.6) is 0 Å². The molecule has 0 aliphatic rings. The Kier molecular flexibility index (Phi) is 7.15. The number of imidazole rings is 2. The second-order valence-corrected chi connectivity index (χ2v) is 20.7. The van der Waals surface area contributed by atoms with Gasteiger partial charge in [-0.05, 0) is 109 Å². The minimum atomic E-state index is 0.895. The van der Waals surface area contributed by atoms with E-state index in [1.807, 2.05) is 22.7 Å². The molecule has 0 aliphatic heterocycles. The van der Waals surface area contributed by atoms with Crippen LogP contribution in [0.1, 0.15) is 0 Å². The summed E-state index contributed by atoms with van der Waals surface area (Å²) < 4.78 is 14.9. The highest BCUT2D eigenvalue weighted by Gasteiger charge is 2.25. The van der Waals surface area contributed by atoms with E-state index in [0.29, 0.717) is 0 Å². The van der Waals surface area contributed by atoms with E-state index < -0.39 is 0 Å². The van der Waals surface area contributed by atoms with Crippen LogP contribution in [0.3, 0.4) is 0 Å². The van der Waals surface area contributed by atoms with Crippen molar-refractivity contribution in [2.75, 3.05) is 0 Å². The molecule has 0 atom stereocenters. The molecule has 0 fully saturated rings. The van der Waals surface area contributed by atoms with Gasteiger partial charge in [-0.1, -0.05) is 97.1 Å². The Labute approximate surface area is 405 Å². The average molecular weight is 927 g/mol. The molecule has 0 saturated heterocycles. The Bertz CT molecular complexity index is 4880. The normalized spacial score (nSPS) is 12.6. The molecule has 324 valence electrons. The van der Waals surface area contributed by atoms with Crippen molar-refractivity contribution in [1.82, 2.24) is 27.9 Å².